The van der Waals surface area contributed by atoms with Crippen LogP contribution in [0.4, 0.5) is 0 Å². The summed E-state index contributed by atoms with van der Waals surface area (Å²) >= 11 is 0.615. The molecule has 0 saturated heterocycles. The van der Waals surface area contributed by atoms with Crippen molar-refractivity contribution in [2.45, 2.75) is 17.0 Å². The van der Waals surface area contributed by atoms with Gasteiger partial charge in [0.1, 0.15) is 0 Å². The van der Waals surface area contributed by atoms with Gasteiger partial charge in [0, 0.05) is 0 Å². The van der Waals surface area contributed by atoms with Gasteiger partial charge in [-0.25, -0.2) is 0 Å². The van der Waals surface area contributed by atoms with Crippen molar-refractivity contribution in [2.75, 3.05) is 20.2 Å². The van der Waals surface area contributed by atoms with Crippen LogP contribution in [0, 0.1) is 0 Å². The summed E-state index contributed by atoms with van der Waals surface area (Å²) in [5, 5.41) is 10.8. The summed E-state index contributed by atoms with van der Waals surface area (Å²) in [6, 6.07) is 0. The topological polar surface area (TPSA) is 75.1 Å². The molecule has 10 heavy (non-hydrogen) atoms. The fourth-order valence-corrected chi connectivity index (χ4v) is 1.57. The molecule has 3 nitrogen and oxygen atoms in total. The molecular formula is C6H17AlN2O. The van der Waals surface area contributed by atoms with Crippen LogP contribution in [0.15, 0.2) is 0 Å². The predicted octanol–water partition coefficient (Wildman–Crippen LogP) is -1.19. The molecule has 0 aliphatic heterocycles. The van der Waals surface area contributed by atoms with Gasteiger partial charge in [0.15, 0.2) is 0 Å². The van der Waals surface area contributed by atoms with Crippen molar-refractivity contribution in [3.8, 4) is 0 Å². The maximum atomic E-state index is 8.25. The summed E-state index contributed by atoms with van der Waals surface area (Å²) in [7, 11) is 0.750. The van der Waals surface area contributed by atoms with Crippen LogP contribution in [-0.4, -0.2) is 35.4 Å². The van der Waals surface area contributed by atoms with Gasteiger partial charge in [-0.3, -0.25) is 0 Å². The maximum absolute atomic E-state index is 8.25. The fraction of sp³-hybridized carbons (Fsp3) is 1.00. The predicted molar refractivity (Wildman–Crippen MR) is 44.0 cm³/mol. The molecule has 0 aromatic carbocycles. The van der Waals surface area contributed by atoms with Crippen molar-refractivity contribution in [1.82, 2.24) is 0 Å². The second kappa shape index (κ2) is 16.2. The molecule has 0 amide bonds. The number of hydrogen-bond acceptors (Lipinski definition) is 3. The molecule has 0 spiro atoms. The Bertz CT molecular complexity index is 40.7. The van der Waals surface area contributed by atoms with Crippen LogP contribution in [-0.2, 0) is 0 Å². The Morgan fingerprint density at radius 2 is 1.70 bits per heavy atom. The van der Waals surface area contributed by atoms with Crippen molar-refractivity contribution in [1.29, 1.82) is 0 Å². The Morgan fingerprint density at radius 1 is 1.10 bits per heavy atom. The third-order valence-electron chi connectivity index (χ3n) is 0.983. The summed E-state index contributed by atoms with van der Waals surface area (Å²) in [6.07, 6.45) is 1.19. The molecule has 0 heterocycles. The average Bonchev–Trinajstić information content (AvgIpc) is 2.02. The molecule has 0 bridgehead atoms. The molecule has 0 unspecified atom stereocenters. The summed E-state index contributed by atoms with van der Waals surface area (Å²) in [4.78, 5) is 0. The van der Waals surface area contributed by atoms with E-state index in [0.717, 1.165) is 20.2 Å². The van der Waals surface area contributed by atoms with E-state index in [2.05, 4.69) is 0 Å². The zero-order chi connectivity index (χ0) is 8.24. The van der Waals surface area contributed by atoms with E-state index in [9.17, 15) is 0 Å². The molecule has 4 heteroatoms. The minimum atomic E-state index is 0.615. The first kappa shape index (κ1) is 13.0. The molecule has 0 aliphatic carbocycles. The van der Waals surface area contributed by atoms with Gasteiger partial charge in [-0.15, -0.1) is 0 Å². The van der Waals surface area contributed by atoms with Crippen molar-refractivity contribution in [3.05, 3.63) is 0 Å². The van der Waals surface area contributed by atoms with E-state index in [-0.39, 0.29) is 0 Å². The van der Waals surface area contributed by atoms with Gasteiger partial charge in [-0.2, -0.15) is 7.11 Å². The van der Waals surface area contributed by atoms with Crippen molar-refractivity contribution >= 4 is 15.2 Å². The second-order valence-electron chi connectivity index (χ2n) is 1.80. The molecule has 0 radical (unpaired) electrons. The van der Waals surface area contributed by atoms with Gasteiger partial charge < -0.3 is 5.11 Å². The Kier molecular flexibility index (Phi) is 21.1. The third-order valence-corrected chi connectivity index (χ3v) is 2.54. The molecule has 0 aromatic rings. The Hall–Kier alpha value is 0.412. The first-order valence-electron chi connectivity index (χ1n) is 3.54. The summed E-state index contributed by atoms with van der Waals surface area (Å²) in [5.74, 6) is 0. The van der Waals surface area contributed by atoms with Crippen molar-refractivity contribution in [3.63, 3.8) is 0 Å². The molecule has 0 aromatic heterocycles. The number of nitrogens with two attached hydrogens (primary N) is 2. The van der Waals surface area contributed by atoms with E-state index in [1.54, 1.807) is 0 Å². The van der Waals surface area contributed by atoms with Gasteiger partial charge in [0.05, 0.1) is 0 Å². The van der Waals surface area contributed by atoms with Crippen LogP contribution in [0.2, 0.25) is 10.6 Å². The molecular weight excluding hydrogens is 143 g/mol. The van der Waals surface area contributed by atoms with Crippen LogP contribution in [0.25, 0.3) is 0 Å². The quantitative estimate of drug-likeness (QED) is 0.392. The fourth-order valence-electron chi connectivity index (χ4n) is 0.524. The molecule has 0 aliphatic rings. The summed E-state index contributed by atoms with van der Waals surface area (Å²) in [5.41, 5.74) is 10.6. The molecule has 0 atom stereocenters. The first-order chi connectivity index (χ1) is 4.91. The van der Waals surface area contributed by atoms with Crippen LogP contribution in [0.3, 0.4) is 0 Å². The van der Waals surface area contributed by atoms with Crippen molar-refractivity contribution < 1.29 is 5.11 Å². The van der Waals surface area contributed by atoms with E-state index in [4.69, 9.17) is 16.6 Å². The Labute approximate surface area is 69.5 Å². The van der Waals surface area contributed by atoms with Gasteiger partial charge >= 0.3 is 56.8 Å². The zero-order valence-corrected chi connectivity index (χ0v) is 7.83. The van der Waals surface area contributed by atoms with E-state index in [1.165, 1.54) is 17.0 Å². The van der Waals surface area contributed by atoms with Gasteiger partial charge in [0.2, 0.25) is 0 Å². The van der Waals surface area contributed by atoms with Crippen molar-refractivity contribution in [2.24, 2.45) is 11.5 Å². The summed E-state index contributed by atoms with van der Waals surface area (Å²) < 4.78 is 0. The van der Waals surface area contributed by atoms with E-state index in [1.807, 2.05) is 0 Å². The standard InChI is InChI=1S/C3H8N.C2H6N.CH3O.Al/c1-2-3-4;1-2-3;1-2;/h1-4H2;1-3H2;1H3;/q;;-1;+1. The zero-order valence-electron chi connectivity index (χ0n) is 6.68. The van der Waals surface area contributed by atoms with Crippen LogP contribution in [0.1, 0.15) is 6.42 Å². The van der Waals surface area contributed by atoms with E-state index < -0.39 is 0 Å². The molecule has 60 valence electrons. The average molecular weight is 160 g/mol. The van der Waals surface area contributed by atoms with Crippen LogP contribution < -0.4 is 16.6 Å². The van der Waals surface area contributed by atoms with Crippen LogP contribution in [0.5, 0.6) is 0 Å². The van der Waals surface area contributed by atoms with Gasteiger partial charge in [-0.05, 0) is 0 Å². The van der Waals surface area contributed by atoms with E-state index >= 15 is 0 Å². The normalized spacial score (nSPS) is 7.60. The third kappa shape index (κ3) is 15.8. The summed E-state index contributed by atoms with van der Waals surface area (Å²) in [6.45, 7) is 1.71. The van der Waals surface area contributed by atoms with Gasteiger partial charge in [0.25, 0.3) is 0 Å². The SMILES string of the molecule is C[O-].NCC[CH2][Al+][CH2]CN. The Balaban J connectivity index is 0. The number of rotatable bonds is 5. The van der Waals surface area contributed by atoms with Crippen LogP contribution >= 0.6 is 0 Å². The minimum absolute atomic E-state index is 0.615. The molecule has 4 N–H and O–H groups in total. The number of hydrogen-bond donors (Lipinski definition) is 2. The molecule has 0 fully saturated rings. The van der Waals surface area contributed by atoms with Gasteiger partial charge in [-0.1, -0.05) is 0 Å². The molecule has 0 saturated carbocycles. The monoisotopic (exact) mass is 160 g/mol. The Morgan fingerprint density at radius 3 is 2.10 bits per heavy atom. The first-order valence-corrected chi connectivity index (χ1v) is 5.17. The second-order valence-corrected chi connectivity index (χ2v) is 3.53. The molecule has 0 rings (SSSR count). The van der Waals surface area contributed by atoms with E-state index in [0.29, 0.717) is 15.2 Å².